The van der Waals surface area contributed by atoms with Gasteiger partial charge in [0.2, 0.25) is 5.91 Å². The first-order valence-corrected chi connectivity index (χ1v) is 13.6. The third kappa shape index (κ3) is 8.07. The summed E-state index contributed by atoms with van der Waals surface area (Å²) in [6.07, 6.45) is 7.25. The van der Waals surface area contributed by atoms with Gasteiger partial charge < -0.3 is 9.64 Å². The predicted molar refractivity (Wildman–Crippen MR) is 125 cm³/mol. The Morgan fingerprint density at radius 2 is 1.97 bits per heavy atom. The van der Waals surface area contributed by atoms with Crippen molar-refractivity contribution in [3.63, 3.8) is 0 Å². The summed E-state index contributed by atoms with van der Waals surface area (Å²) in [6, 6.07) is 7.82. The fourth-order valence-electron chi connectivity index (χ4n) is 3.39. The summed E-state index contributed by atoms with van der Waals surface area (Å²) in [5.41, 5.74) is 1.03. The molecule has 2 amide bonds. The molecule has 2 saturated heterocycles. The summed E-state index contributed by atoms with van der Waals surface area (Å²) < 4.78 is 5.85. The number of carbonyl (C=O) groups excluding carboxylic acids is 2. The van der Waals surface area contributed by atoms with E-state index >= 15 is 0 Å². The smallest absolute Gasteiger partial charge is 0.286 e. The number of nitrogens with one attached hydrogen (secondary N) is 1. The Morgan fingerprint density at radius 1 is 1.14 bits per heavy atom. The molecule has 0 spiro atoms. The van der Waals surface area contributed by atoms with Crippen molar-refractivity contribution in [3.8, 4) is 5.75 Å². The topological polar surface area (TPSA) is 58.6 Å². The number of hydrogen-bond donors (Lipinski definition) is 1. The molecule has 2 aliphatic rings. The van der Waals surface area contributed by atoms with Gasteiger partial charge in [-0.15, -0.1) is 0 Å². The van der Waals surface area contributed by atoms with Crippen molar-refractivity contribution in [2.45, 2.75) is 49.0 Å². The lowest BCUT2D eigenvalue weighted by Crippen LogP contribution is -2.25. The van der Waals surface area contributed by atoms with E-state index in [1.165, 1.54) is 37.9 Å². The van der Waals surface area contributed by atoms with E-state index in [1.54, 1.807) is 0 Å². The molecule has 5 nitrogen and oxygen atoms in total. The van der Waals surface area contributed by atoms with Crippen LogP contribution in [0.25, 0.3) is 0 Å². The highest BCUT2D eigenvalue weighted by molar-refractivity contribution is 8.77. The molecule has 0 aromatic heterocycles. The molecule has 2 atom stereocenters. The van der Waals surface area contributed by atoms with Crippen molar-refractivity contribution >= 4 is 44.5 Å². The molecule has 1 N–H and O–H groups in total. The Bertz CT molecular complexity index is 666. The summed E-state index contributed by atoms with van der Waals surface area (Å²) in [7, 11) is 6.27. The van der Waals surface area contributed by atoms with Crippen molar-refractivity contribution in [1.82, 2.24) is 10.2 Å². The van der Waals surface area contributed by atoms with Crippen LogP contribution in [0.4, 0.5) is 4.79 Å². The molecule has 0 saturated carbocycles. The summed E-state index contributed by atoms with van der Waals surface area (Å²) in [6.45, 7) is 2.70. The summed E-state index contributed by atoms with van der Waals surface area (Å²) in [5.74, 6) is 1.98. The van der Waals surface area contributed by atoms with Crippen LogP contribution < -0.4 is 10.1 Å². The van der Waals surface area contributed by atoms with Crippen molar-refractivity contribution in [2.24, 2.45) is 0 Å². The zero-order valence-corrected chi connectivity index (χ0v) is 19.4. The van der Waals surface area contributed by atoms with Crippen LogP contribution in [0, 0.1) is 0 Å². The maximum absolute atomic E-state index is 11.6. The van der Waals surface area contributed by atoms with Gasteiger partial charge in [0.15, 0.2) is 0 Å². The minimum atomic E-state index is -0.321. The number of benzene rings is 1. The van der Waals surface area contributed by atoms with Gasteiger partial charge in [-0.05, 0) is 57.0 Å². The Hall–Kier alpha value is -0.830. The molecular weight excluding hydrogens is 424 g/mol. The van der Waals surface area contributed by atoms with E-state index in [4.69, 9.17) is 4.74 Å². The second-order valence-electron chi connectivity index (χ2n) is 7.56. The van der Waals surface area contributed by atoms with Crippen LogP contribution in [-0.2, 0) is 11.2 Å². The SMILES string of the molecule is CN(CCCCCC1CCSS1)CCOc1ccc(CC2SC(=O)NC2=O)cc1. The molecule has 0 radical (unpaired) electrons. The van der Waals surface area contributed by atoms with E-state index in [9.17, 15) is 9.59 Å². The lowest BCUT2D eigenvalue weighted by molar-refractivity contribution is -0.118. The van der Waals surface area contributed by atoms with Gasteiger partial charge >= 0.3 is 0 Å². The second-order valence-corrected chi connectivity index (χ2v) is 11.5. The molecule has 8 heteroatoms. The predicted octanol–water partition coefficient (Wildman–Crippen LogP) is 4.61. The molecular formula is C21H30N2O3S3. The van der Waals surface area contributed by atoms with Crippen molar-refractivity contribution in [3.05, 3.63) is 29.8 Å². The van der Waals surface area contributed by atoms with E-state index in [0.717, 1.165) is 41.4 Å². The Morgan fingerprint density at radius 3 is 2.66 bits per heavy atom. The summed E-state index contributed by atoms with van der Waals surface area (Å²) in [5, 5.41) is 2.65. The Labute approximate surface area is 185 Å². The fraction of sp³-hybridized carbons (Fsp3) is 0.619. The van der Waals surface area contributed by atoms with Gasteiger partial charge in [0.1, 0.15) is 12.4 Å². The van der Waals surface area contributed by atoms with Gasteiger partial charge in [-0.1, -0.05) is 58.3 Å². The Kier molecular flexibility index (Phi) is 9.55. The van der Waals surface area contributed by atoms with Gasteiger partial charge in [-0.3, -0.25) is 14.9 Å². The number of thioether (sulfide) groups is 1. The maximum atomic E-state index is 11.6. The minimum Gasteiger partial charge on any atom is -0.492 e. The molecule has 2 aliphatic heterocycles. The maximum Gasteiger partial charge on any atom is 0.286 e. The van der Waals surface area contributed by atoms with Gasteiger partial charge in [0.25, 0.3) is 5.24 Å². The first-order chi connectivity index (χ1) is 14.1. The molecule has 0 aliphatic carbocycles. The number of hydrogen-bond acceptors (Lipinski definition) is 7. The van der Waals surface area contributed by atoms with E-state index in [1.807, 2.05) is 35.1 Å². The number of ether oxygens (including phenoxy) is 1. The van der Waals surface area contributed by atoms with Crippen LogP contribution in [0.15, 0.2) is 24.3 Å². The van der Waals surface area contributed by atoms with Gasteiger partial charge in [0, 0.05) is 17.5 Å². The van der Waals surface area contributed by atoms with E-state index < -0.39 is 0 Å². The number of likely N-dealkylation sites (N-methyl/N-ethyl adjacent to an activating group) is 1. The van der Waals surface area contributed by atoms with Crippen LogP contribution in [0.1, 0.15) is 37.7 Å². The monoisotopic (exact) mass is 454 g/mol. The molecule has 2 fully saturated rings. The standard InChI is InChI=1S/C21H30N2O3S3/c1-23(11-4-2-3-5-18-10-14-27-29-18)12-13-26-17-8-6-16(7-9-17)15-19-20(24)22-21(25)28-19/h6-9,18-19H,2-5,10-15H2,1H3,(H,22,24,25). The largest absolute Gasteiger partial charge is 0.492 e. The number of nitrogens with zero attached hydrogens (tertiary/aromatic N) is 1. The van der Waals surface area contributed by atoms with Gasteiger partial charge in [-0.2, -0.15) is 0 Å². The molecule has 2 heterocycles. The normalized spacial score (nSPS) is 21.7. The van der Waals surface area contributed by atoms with Crippen molar-refractivity contribution in [1.29, 1.82) is 0 Å². The van der Waals surface area contributed by atoms with Crippen LogP contribution in [0.2, 0.25) is 0 Å². The number of imide groups is 1. The Balaban J connectivity index is 1.25. The summed E-state index contributed by atoms with van der Waals surface area (Å²) in [4.78, 5) is 25.2. The molecule has 1 aromatic rings. The molecule has 3 rings (SSSR count). The second kappa shape index (κ2) is 12.1. The molecule has 160 valence electrons. The van der Waals surface area contributed by atoms with Crippen molar-refractivity contribution in [2.75, 3.05) is 32.5 Å². The number of rotatable bonds is 12. The molecule has 1 aromatic carbocycles. The average Bonchev–Trinajstić information content (AvgIpc) is 3.32. The third-order valence-electron chi connectivity index (χ3n) is 5.15. The van der Waals surface area contributed by atoms with Gasteiger partial charge in [0.05, 0.1) is 5.25 Å². The van der Waals surface area contributed by atoms with E-state index in [0.29, 0.717) is 13.0 Å². The highest BCUT2D eigenvalue weighted by Crippen LogP contribution is 2.39. The third-order valence-corrected chi connectivity index (χ3v) is 9.13. The van der Waals surface area contributed by atoms with Crippen LogP contribution in [-0.4, -0.2) is 59.0 Å². The van der Waals surface area contributed by atoms with Crippen LogP contribution >= 0.6 is 33.3 Å². The zero-order valence-electron chi connectivity index (χ0n) is 16.9. The van der Waals surface area contributed by atoms with Gasteiger partial charge in [-0.25, -0.2) is 0 Å². The van der Waals surface area contributed by atoms with E-state index in [-0.39, 0.29) is 16.4 Å². The first-order valence-electron chi connectivity index (χ1n) is 10.3. The lowest BCUT2D eigenvalue weighted by atomic mass is 10.1. The highest BCUT2D eigenvalue weighted by atomic mass is 33.1. The number of amides is 2. The quantitative estimate of drug-likeness (QED) is 0.366. The molecule has 0 bridgehead atoms. The average molecular weight is 455 g/mol. The minimum absolute atomic E-state index is 0.195. The van der Waals surface area contributed by atoms with Crippen molar-refractivity contribution < 1.29 is 14.3 Å². The molecule has 29 heavy (non-hydrogen) atoms. The number of carbonyl (C=O) groups is 2. The fourth-order valence-corrected chi connectivity index (χ4v) is 7.28. The summed E-state index contributed by atoms with van der Waals surface area (Å²) >= 11 is 1.07. The first kappa shape index (κ1) is 22.8. The molecule has 2 unspecified atom stereocenters. The zero-order chi connectivity index (χ0) is 20.5. The highest BCUT2D eigenvalue weighted by Gasteiger charge is 2.31. The number of unbranched alkanes of at least 4 members (excludes halogenated alkanes) is 2. The van der Waals surface area contributed by atoms with Crippen LogP contribution in [0.3, 0.4) is 0 Å². The lowest BCUT2D eigenvalue weighted by Gasteiger charge is -2.17. The van der Waals surface area contributed by atoms with E-state index in [2.05, 4.69) is 28.1 Å². The van der Waals surface area contributed by atoms with Crippen LogP contribution in [0.5, 0.6) is 5.75 Å².